The summed E-state index contributed by atoms with van der Waals surface area (Å²) in [5.74, 6) is -0.376. The van der Waals surface area contributed by atoms with Crippen LogP contribution in [0.15, 0.2) is 65.8 Å². The Bertz CT molecular complexity index is 1180. The van der Waals surface area contributed by atoms with E-state index in [2.05, 4.69) is 10.5 Å². The van der Waals surface area contributed by atoms with Crippen molar-refractivity contribution in [1.82, 2.24) is 5.43 Å². The standard InChI is InChI=1S/C24H20Cl2N2O4/c1-3-31-22-12-16(14-27-28-23(29)18-7-5-4-6-15(18)2)8-11-21(22)32-24(30)19-10-9-17(25)13-20(19)26/h4-14H,3H2,1-2H3,(H,28,29)/b27-14+. The van der Waals surface area contributed by atoms with Gasteiger partial charge in [-0.25, -0.2) is 10.2 Å². The Morgan fingerprint density at radius 2 is 1.78 bits per heavy atom. The van der Waals surface area contributed by atoms with E-state index in [0.717, 1.165) is 5.56 Å². The molecule has 0 aliphatic rings. The second kappa shape index (κ2) is 10.8. The van der Waals surface area contributed by atoms with Crippen LogP contribution in [0.3, 0.4) is 0 Å². The lowest BCUT2D eigenvalue weighted by Gasteiger charge is -2.12. The molecule has 6 nitrogen and oxygen atoms in total. The van der Waals surface area contributed by atoms with Gasteiger partial charge in [0, 0.05) is 10.6 Å². The molecule has 3 aromatic carbocycles. The van der Waals surface area contributed by atoms with Crippen LogP contribution in [0.5, 0.6) is 11.5 Å². The summed E-state index contributed by atoms with van der Waals surface area (Å²) >= 11 is 12.0. The van der Waals surface area contributed by atoms with Crippen LogP contribution in [0.2, 0.25) is 10.0 Å². The van der Waals surface area contributed by atoms with Crippen LogP contribution in [0.25, 0.3) is 0 Å². The third-order valence-corrected chi connectivity index (χ3v) is 4.94. The van der Waals surface area contributed by atoms with Crippen LogP contribution in [0, 0.1) is 6.92 Å². The summed E-state index contributed by atoms with van der Waals surface area (Å²) in [6, 6.07) is 16.6. The van der Waals surface area contributed by atoms with Gasteiger partial charge in [-0.3, -0.25) is 4.79 Å². The molecule has 0 saturated carbocycles. The van der Waals surface area contributed by atoms with Crippen molar-refractivity contribution in [3.8, 4) is 11.5 Å². The number of hydrazone groups is 1. The predicted molar refractivity (Wildman–Crippen MR) is 125 cm³/mol. The van der Waals surface area contributed by atoms with Gasteiger partial charge in [0.15, 0.2) is 11.5 Å². The van der Waals surface area contributed by atoms with Gasteiger partial charge >= 0.3 is 5.97 Å². The van der Waals surface area contributed by atoms with E-state index in [0.29, 0.717) is 28.5 Å². The van der Waals surface area contributed by atoms with Crippen molar-refractivity contribution in [1.29, 1.82) is 0 Å². The molecule has 0 fully saturated rings. The number of hydrogen-bond donors (Lipinski definition) is 1. The Balaban J connectivity index is 1.74. The molecule has 0 saturated heterocycles. The Kier molecular flexibility index (Phi) is 7.87. The first kappa shape index (κ1) is 23.3. The summed E-state index contributed by atoms with van der Waals surface area (Å²) in [6.07, 6.45) is 1.47. The predicted octanol–water partition coefficient (Wildman–Crippen LogP) is 5.68. The zero-order valence-corrected chi connectivity index (χ0v) is 18.9. The minimum Gasteiger partial charge on any atom is -0.490 e. The maximum absolute atomic E-state index is 12.5. The first-order valence-corrected chi connectivity index (χ1v) is 10.5. The van der Waals surface area contributed by atoms with Gasteiger partial charge in [-0.15, -0.1) is 0 Å². The number of ether oxygens (including phenoxy) is 2. The van der Waals surface area contributed by atoms with E-state index in [1.54, 1.807) is 36.4 Å². The van der Waals surface area contributed by atoms with Crippen LogP contribution in [-0.4, -0.2) is 24.7 Å². The van der Waals surface area contributed by atoms with E-state index in [9.17, 15) is 9.59 Å². The fourth-order valence-electron chi connectivity index (χ4n) is 2.82. The molecular formula is C24H20Cl2N2O4. The lowest BCUT2D eigenvalue weighted by atomic mass is 10.1. The number of hydrogen-bond acceptors (Lipinski definition) is 5. The first-order chi connectivity index (χ1) is 15.4. The number of nitrogens with one attached hydrogen (secondary N) is 1. The molecule has 0 unspecified atom stereocenters. The van der Waals surface area contributed by atoms with E-state index in [-0.39, 0.29) is 22.2 Å². The van der Waals surface area contributed by atoms with Gasteiger partial charge in [-0.1, -0.05) is 41.4 Å². The molecule has 0 spiro atoms. The average molecular weight is 471 g/mol. The van der Waals surface area contributed by atoms with Crippen LogP contribution < -0.4 is 14.9 Å². The molecule has 0 radical (unpaired) electrons. The highest BCUT2D eigenvalue weighted by molar-refractivity contribution is 6.36. The van der Waals surface area contributed by atoms with Crippen LogP contribution >= 0.6 is 23.2 Å². The van der Waals surface area contributed by atoms with E-state index in [1.807, 2.05) is 26.0 Å². The summed E-state index contributed by atoms with van der Waals surface area (Å²) in [5.41, 5.74) is 4.72. The number of esters is 1. The Morgan fingerprint density at radius 1 is 1.00 bits per heavy atom. The molecule has 0 heterocycles. The molecule has 164 valence electrons. The van der Waals surface area contributed by atoms with Crippen molar-refractivity contribution in [2.45, 2.75) is 13.8 Å². The van der Waals surface area contributed by atoms with Crippen molar-refractivity contribution in [3.63, 3.8) is 0 Å². The number of carbonyl (C=O) groups excluding carboxylic acids is 2. The SMILES string of the molecule is CCOc1cc(/C=N/NC(=O)c2ccccc2C)ccc1OC(=O)c1ccc(Cl)cc1Cl. The van der Waals surface area contributed by atoms with Crippen LogP contribution in [0.1, 0.15) is 38.8 Å². The molecule has 3 rings (SSSR count). The number of aryl methyl sites for hydroxylation is 1. The van der Waals surface area contributed by atoms with Gasteiger partial charge in [0.05, 0.1) is 23.4 Å². The van der Waals surface area contributed by atoms with Crippen molar-refractivity contribution in [2.24, 2.45) is 5.10 Å². The minimum absolute atomic E-state index is 0.183. The van der Waals surface area contributed by atoms with Crippen LogP contribution in [-0.2, 0) is 0 Å². The topological polar surface area (TPSA) is 77.0 Å². The van der Waals surface area contributed by atoms with Crippen LogP contribution in [0.4, 0.5) is 0 Å². The quantitative estimate of drug-likeness (QED) is 0.208. The lowest BCUT2D eigenvalue weighted by Crippen LogP contribution is -2.18. The molecule has 0 aliphatic carbocycles. The van der Waals surface area contributed by atoms with Gasteiger partial charge < -0.3 is 9.47 Å². The third-order valence-electron chi connectivity index (χ3n) is 4.39. The van der Waals surface area contributed by atoms with Crippen molar-refractivity contribution in [3.05, 3.63) is 93.0 Å². The molecule has 8 heteroatoms. The fraction of sp³-hybridized carbons (Fsp3) is 0.125. The number of amides is 1. The van der Waals surface area contributed by atoms with Gasteiger partial charge in [-0.2, -0.15) is 5.10 Å². The number of carbonyl (C=O) groups is 2. The summed E-state index contributed by atoms with van der Waals surface area (Å²) in [6.45, 7) is 4.02. The largest absolute Gasteiger partial charge is 0.490 e. The summed E-state index contributed by atoms with van der Waals surface area (Å²) in [5, 5.41) is 4.61. The van der Waals surface area contributed by atoms with Crippen molar-refractivity contribution < 1.29 is 19.1 Å². The number of rotatable bonds is 7. The van der Waals surface area contributed by atoms with E-state index in [4.69, 9.17) is 32.7 Å². The zero-order chi connectivity index (χ0) is 23.1. The summed E-state index contributed by atoms with van der Waals surface area (Å²) < 4.78 is 11.1. The second-order valence-electron chi connectivity index (χ2n) is 6.67. The minimum atomic E-state index is -0.639. The lowest BCUT2D eigenvalue weighted by molar-refractivity contribution is 0.0728. The normalized spacial score (nSPS) is 10.8. The monoisotopic (exact) mass is 470 g/mol. The van der Waals surface area contributed by atoms with E-state index < -0.39 is 5.97 Å². The smallest absolute Gasteiger partial charge is 0.345 e. The van der Waals surface area contributed by atoms with Gasteiger partial charge in [-0.05, 0) is 67.4 Å². The Hall–Kier alpha value is -3.35. The summed E-state index contributed by atoms with van der Waals surface area (Å²) in [4.78, 5) is 24.8. The average Bonchev–Trinajstić information content (AvgIpc) is 2.75. The number of benzene rings is 3. The third kappa shape index (κ3) is 5.87. The van der Waals surface area contributed by atoms with E-state index >= 15 is 0 Å². The molecule has 1 amide bonds. The highest BCUT2D eigenvalue weighted by atomic mass is 35.5. The highest BCUT2D eigenvalue weighted by Gasteiger charge is 2.16. The van der Waals surface area contributed by atoms with Gasteiger partial charge in [0.2, 0.25) is 0 Å². The number of halogens is 2. The highest BCUT2D eigenvalue weighted by Crippen LogP contribution is 2.30. The maximum Gasteiger partial charge on any atom is 0.345 e. The fourth-order valence-corrected chi connectivity index (χ4v) is 3.31. The Morgan fingerprint density at radius 3 is 2.50 bits per heavy atom. The molecule has 0 bridgehead atoms. The maximum atomic E-state index is 12.5. The van der Waals surface area contributed by atoms with Crippen molar-refractivity contribution >= 4 is 41.3 Å². The first-order valence-electron chi connectivity index (χ1n) is 9.72. The van der Waals surface area contributed by atoms with Gasteiger partial charge in [0.1, 0.15) is 0 Å². The second-order valence-corrected chi connectivity index (χ2v) is 7.51. The molecular weight excluding hydrogens is 451 g/mol. The summed E-state index contributed by atoms with van der Waals surface area (Å²) in [7, 11) is 0. The van der Waals surface area contributed by atoms with E-state index in [1.165, 1.54) is 18.3 Å². The molecule has 0 aliphatic heterocycles. The zero-order valence-electron chi connectivity index (χ0n) is 17.4. The van der Waals surface area contributed by atoms with Crippen molar-refractivity contribution in [2.75, 3.05) is 6.61 Å². The molecule has 32 heavy (non-hydrogen) atoms. The number of nitrogens with zero attached hydrogens (tertiary/aromatic N) is 1. The molecule has 0 atom stereocenters. The Labute approximate surface area is 195 Å². The van der Waals surface area contributed by atoms with Gasteiger partial charge in [0.25, 0.3) is 5.91 Å². The molecule has 3 aromatic rings. The molecule has 1 N–H and O–H groups in total. The molecule has 0 aromatic heterocycles.